The summed E-state index contributed by atoms with van der Waals surface area (Å²) in [7, 11) is -2.05. The van der Waals surface area contributed by atoms with Crippen LogP contribution in [0.3, 0.4) is 0 Å². The highest BCUT2D eigenvalue weighted by Crippen LogP contribution is 2.37. The van der Waals surface area contributed by atoms with Gasteiger partial charge in [-0.1, -0.05) is 51.1 Å². The molecule has 114 valence electrons. The number of benzene rings is 1. The second-order valence-electron chi connectivity index (χ2n) is 6.62. The van der Waals surface area contributed by atoms with Gasteiger partial charge >= 0.3 is 0 Å². The average Bonchev–Trinajstić information content (AvgIpc) is 2.36. The molecule has 1 N–H and O–H groups in total. The van der Waals surface area contributed by atoms with E-state index >= 15 is 0 Å². The average molecular weight is 296 g/mol. The van der Waals surface area contributed by atoms with Crippen LogP contribution < -0.4 is 0 Å². The minimum Gasteiger partial charge on any atom is -0.412 e. The van der Waals surface area contributed by atoms with Gasteiger partial charge in [0.2, 0.25) is 8.32 Å². The predicted octanol–water partition coefficient (Wildman–Crippen LogP) is 3.52. The van der Waals surface area contributed by atoms with E-state index in [1.54, 1.807) is 6.92 Å². The summed E-state index contributed by atoms with van der Waals surface area (Å²) in [5.74, 6) is 0. The molecule has 0 saturated heterocycles. The summed E-state index contributed by atoms with van der Waals surface area (Å²) in [4.78, 5) is 0. The fourth-order valence-corrected chi connectivity index (χ4v) is 3.77. The van der Waals surface area contributed by atoms with Crippen LogP contribution in [0.2, 0.25) is 11.6 Å². The zero-order valence-corrected chi connectivity index (χ0v) is 14.3. The largest absolute Gasteiger partial charge is 0.412 e. The summed E-state index contributed by atoms with van der Waals surface area (Å²) in [6.45, 7) is 11.5. The summed E-state index contributed by atoms with van der Waals surface area (Å²) in [5.41, 5.74) is 1.17. The lowest BCUT2D eigenvalue weighted by molar-refractivity contribution is 0.0929. The fourth-order valence-electron chi connectivity index (χ4n) is 1.72. The molecule has 0 unspecified atom stereocenters. The zero-order valence-electron chi connectivity index (χ0n) is 13.3. The molecule has 0 amide bonds. The first kappa shape index (κ1) is 17.4. The van der Waals surface area contributed by atoms with Crippen LogP contribution in [0.15, 0.2) is 30.3 Å². The lowest BCUT2D eigenvalue weighted by Crippen LogP contribution is -2.50. The molecule has 3 nitrogen and oxygen atoms in total. The van der Waals surface area contributed by atoms with Gasteiger partial charge in [0.1, 0.15) is 0 Å². The molecule has 0 fully saturated rings. The topological polar surface area (TPSA) is 38.7 Å². The molecule has 1 rings (SSSR count). The number of ether oxygens (including phenoxy) is 1. The van der Waals surface area contributed by atoms with Crippen molar-refractivity contribution in [3.8, 4) is 0 Å². The van der Waals surface area contributed by atoms with Crippen molar-refractivity contribution >= 4 is 8.32 Å². The third-order valence-corrected chi connectivity index (χ3v) is 8.45. The van der Waals surface area contributed by atoms with E-state index in [0.717, 1.165) is 0 Å². The Morgan fingerprint density at radius 1 is 1.20 bits per heavy atom. The van der Waals surface area contributed by atoms with Gasteiger partial charge in [-0.25, -0.2) is 0 Å². The molecule has 0 aliphatic heterocycles. The van der Waals surface area contributed by atoms with Crippen molar-refractivity contribution in [3.63, 3.8) is 0 Å². The van der Waals surface area contributed by atoms with E-state index in [-0.39, 0.29) is 5.04 Å². The summed E-state index contributed by atoms with van der Waals surface area (Å²) < 4.78 is 12.0. The highest BCUT2D eigenvalue weighted by Gasteiger charge is 2.42. The van der Waals surface area contributed by atoms with E-state index in [4.69, 9.17) is 9.16 Å². The van der Waals surface area contributed by atoms with Crippen molar-refractivity contribution in [1.29, 1.82) is 0 Å². The van der Waals surface area contributed by atoms with Crippen LogP contribution in [0.1, 0.15) is 33.3 Å². The summed E-state index contributed by atoms with van der Waals surface area (Å²) in [6, 6.07) is 10.2. The molecule has 0 aliphatic rings. The maximum atomic E-state index is 9.44. The van der Waals surface area contributed by atoms with E-state index in [2.05, 4.69) is 39.5 Å². The standard InChI is InChI=1S/C16H28O3Si/c1-14(17)11-19-20(5,16(2,3)4)13-18-12-15-9-7-6-8-10-15/h6-10,14,17H,11-13H2,1-5H3/t14-,20+/m0/s1. The van der Waals surface area contributed by atoms with Crippen LogP contribution in [-0.4, -0.2) is 32.4 Å². The zero-order chi connectivity index (χ0) is 15.2. The van der Waals surface area contributed by atoms with Crippen LogP contribution >= 0.6 is 0 Å². The number of hydrogen-bond acceptors (Lipinski definition) is 3. The van der Waals surface area contributed by atoms with Gasteiger partial charge in [0.15, 0.2) is 0 Å². The first-order valence-corrected chi connectivity index (χ1v) is 9.80. The van der Waals surface area contributed by atoms with Crippen molar-refractivity contribution in [2.45, 2.75) is 52.0 Å². The Bertz CT molecular complexity index is 386. The van der Waals surface area contributed by atoms with Gasteiger partial charge in [-0.2, -0.15) is 0 Å². The Morgan fingerprint density at radius 3 is 2.30 bits per heavy atom. The van der Waals surface area contributed by atoms with Gasteiger partial charge in [0.05, 0.1) is 25.5 Å². The molecule has 1 aromatic rings. The van der Waals surface area contributed by atoms with Crippen LogP contribution in [0.25, 0.3) is 0 Å². The monoisotopic (exact) mass is 296 g/mol. The third kappa shape index (κ3) is 5.36. The SMILES string of the molecule is C[C@H](O)CO[Si@](C)(COCc1ccccc1)C(C)(C)C. The van der Waals surface area contributed by atoms with E-state index in [1.807, 2.05) is 18.2 Å². The first-order valence-electron chi connectivity index (χ1n) is 7.18. The maximum Gasteiger partial charge on any atom is 0.220 e. The molecule has 0 aromatic heterocycles. The lowest BCUT2D eigenvalue weighted by atomic mass is 10.2. The van der Waals surface area contributed by atoms with E-state index in [0.29, 0.717) is 19.4 Å². The van der Waals surface area contributed by atoms with Crippen molar-refractivity contribution in [1.82, 2.24) is 0 Å². The molecule has 2 atom stereocenters. The molecular formula is C16H28O3Si. The van der Waals surface area contributed by atoms with Crippen molar-refractivity contribution < 1.29 is 14.3 Å². The first-order chi connectivity index (χ1) is 9.24. The number of aliphatic hydroxyl groups excluding tert-OH is 1. The summed E-state index contributed by atoms with van der Waals surface area (Å²) in [5, 5.41) is 9.51. The van der Waals surface area contributed by atoms with E-state index in [9.17, 15) is 5.11 Å². The summed E-state index contributed by atoms with van der Waals surface area (Å²) >= 11 is 0. The van der Waals surface area contributed by atoms with Gasteiger partial charge in [-0.05, 0) is 24.1 Å². The van der Waals surface area contributed by atoms with Crippen molar-refractivity contribution in [2.24, 2.45) is 0 Å². The number of aliphatic hydroxyl groups is 1. The van der Waals surface area contributed by atoms with Crippen molar-refractivity contribution in [3.05, 3.63) is 35.9 Å². The third-order valence-electron chi connectivity index (χ3n) is 3.72. The second-order valence-corrected chi connectivity index (χ2v) is 11.2. The highest BCUT2D eigenvalue weighted by molar-refractivity contribution is 6.75. The quantitative estimate of drug-likeness (QED) is 0.783. The van der Waals surface area contributed by atoms with Crippen LogP contribution in [0.5, 0.6) is 0 Å². The van der Waals surface area contributed by atoms with Crippen LogP contribution in [0.4, 0.5) is 0 Å². The minimum absolute atomic E-state index is 0.0680. The Hall–Kier alpha value is -0.683. The van der Waals surface area contributed by atoms with Gasteiger partial charge in [-0.3, -0.25) is 0 Å². The normalized spacial score (nSPS) is 16.7. The Labute approximate surface area is 124 Å². The Morgan fingerprint density at radius 2 is 1.80 bits per heavy atom. The molecule has 0 aliphatic carbocycles. The molecule has 4 heteroatoms. The molecule has 0 spiro atoms. The smallest absolute Gasteiger partial charge is 0.220 e. The Balaban J connectivity index is 2.57. The van der Waals surface area contributed by atoms with E-state index < -0.39 is 14.4 Å². The van der Waals surface area contributed by atoms with Gasteiger partial charge in [0.25, 0.3) is 0 Å². The minimum atomic E-state index is -2.05. The maximum absolute atomic E-state index is 9.44. The molecule has 0 saturated carbocycles. The Kier molecular flexibility index (Phi) is 6.39. The predicted molar refractivity (Wildman–Crippen MR) is 85.1 cm³/mol. The van der Waals surface area contributed by atoms with Crippen molar-refractivity contribution in [2.75, 3.05) is 12.8 Å². The van der Waals surface area contributed by atoms with Gasteiger partial charge < -0.3 is 14.3 Å². The lowest BCUT2D eigenvalue weighted by Gasteiger charge is -2.39. The molecule has 20 heavy (non-hydrogen) atoms. The fraction of sp³-hybridized carbons (Fsp3) is 0.625. The van der Waals surface area contributed by atoms with E-state index in [1.165, 1.54) is 5.56 Å². The number of rotatable bonds is 7. The molecular weight excluding hydrogens is 268 g/mol. The molecule has 0 bridgehead atoms. The second kappa shape index (κ2) is 7.36. The van der Waals surface area contributed by atoms with Gasteiger partial charge in [0, 0.05) is 0 Å². The van der Waals surface area contributed by atoms with Gasteiger partial charge in [-0.15, -0.1) is 0 Å². The molecule has 0 radical (unpaired) electrons. The molecule has 1 aromatic carbocycles. The van der Waals surface area contributed by atoms with Crippen LogP contribution in [-0.2, 0) is 15.8 Å². The molecule has 0 heterocycles. The summed E-state index contributed by atoms with van der Waals surface area (Å²) in [6.07, 6.45) is 0.205. The number of hydrogen-bond donors (Lipinski definition) is 1. The highest BCUT2D eigenvalue weighted by atomic mass is 28.4. The van der Waals surface area contributed by atoms with Crippen LogP contribution in [0, 0.1) is 0 Å².